The van der Waals surface area contributed by atoms with Gasteiger partial charge < -0.3 is 19.9 Å². The standard InChI is InChI=1S/C31H29FN2O6/c1-31(2,3)40-30(38)34-16-18(19-13-8-14-25(32)27(19)34)15-26(28(35)36)33-29(37)39-17-24-22-11-6-4-9-20(22)21-10-5-7-12-23(21)24/h4-14,16,24,26H,15,17H2,1-3H3,(H,33,37)(H,35,36)/t26-/m0/s1. The Morgan fingerprint density at radius 1 is 0.975 bits per heavy atom. The lowest BCUT2D eigenvalue weighted by Gasteiger charge is -2.19. The number of hydrogen-bond acceptors (Lipinski definition) is 5. The molecule has 9 heteroatoms. The minimum Gasteiger partial charge on any atom is -0.480 e. The predicted molar refractivity (Wildman–Crippen MR) is 147 cm³/mol. The summed E-state index contributed by atoms with van der Waals surface area (Å²) in [4.78, 5) is 37.7. The Hall–Kier alpha value is -4.66. The molecule has 0 spiro atoms. The maximum absolute atomic E-state index is 14.8. The second-order valence-electron chi connectivity index (χ2n) is 10.7. The molecule has 3 aromatic carbocycles. The van der Waals surface area contributed by atoms with Crippen molar-refractivity contribution >= 4 is 29.1 Å². The molecule has 0 unspecified atom stereocenters. The molecule has 0 aliphatic heterocycles. The van der Waals surface area contributed by atoms with E-state index >= 15 is 0 Å². The Balaban J connectivity index is 1.33. The molecule has 0 radical (unpaired) electrons. The summed E-state index contributed by atoms with van der Waals surface area (Å²) in [7, 11) is 0. The fraction of sp³-hybridized carbons (Fsp3) is 0.258. The van der Waals surface area contributed by atoms with Gasteiger partial charge in [-0.05, 0) is 54.7 Å². The third-order valence-electron chi connectivity index (χ3n) is 6.81. The number of carbonyl (C=O) groups is 3. The minimum atomic E-state index is -1.39. The first-order chi connectivity index (χ1) is 19.0. The lowest BCUT2D eigenvalue weighted by molar-refractivity contribution is -0.139. The number of carboxylic acids is 1. The van der Waals surface area contributed by atoms with Gasteiger partial charge in [0.25, 0.3) is 0 Å². The largest absolute Gasteiger partial charge is 0.480 e. The van der Waals surface area contributed by atoms with Crippen LogP contribution >= 0.6 is 0 Å². The number of halogens is 1. The molecule has 4 aromatic rings. The molecule has 0 saturated heterocycles. The SMILES string of the molecule is CC(C)(C)OC(=O)n1cc(C[C@H](NC(=O)OCC2c3ccccc3-c3ccccc32)C(=O)O)c2cccc(F)c21. The number of rotatable bonds is 6. The van der Waals surface area contributed by atoms with Crippen LogP contribution in [0.25, 0.3) is 22.0 Å². The van der Waals surface area contributed by atoms with Crippen LogP contribution in [0.3, 0.4) is 0 Å². The minimum absolute atomic E-state index is 0.0232. The molecule has 8 nitrogen and oxygen atoms in total. The van der Waals surface area contributed by atoms with Gasteiger partial charge in [0, 0.05) is 23.9 Å². The Kier molecular flexibility index (Phi) is 7.06. The Labute approximate surface area is 230 Å². The molecule has 206 valence electrons. The van der Waals surface area contributed by atoms with Crippen LogP contribution in [0.5, 0.6) is 0 Å². The van der Waals surface area contributed by atoms with Crippen LogP contribution in [-0.4, -0.2) is 46.1 Å². The van der Waals surface area contributed by atoms with Gasteiger partial charge in [0.05, 0.1) is 5.52 Å². The fourth-order valence-electron chi connectivity index (χ4n) is 5.13. The maximum Gasteiger partial charge on any atom is 0.419 e. The molecular formula is C31H29FN2O6. The van der Waals surface area contributed by atoms with Crippen LogP contribution in [0.15, 0.2) is 72.9 Å². The number of carbonyl (C=O) groups excluding carboxylic acids is 2. The van der Waals surface area contributed by atoms with E-state index in [-0.39, 0.29) is 24.5 Å². The van der Waals surface area contributed by atoms with Crippen molar-refractivity contribution in [3.8, 4) is 11.1 Å². The normalized spacial score (nSPS) is 13.4. The summed E-state index contributed by atoms with van der Waals surface area (Å²) in [6.07, 6.45) is -0.562. The molecule has 1 aromatic heterocycles. The molecule has 1 aliphatic rings. The number of amides is 1. The number of ether oxygens (including phenoxy) is 2. The van der Waals surface area contributed by atoms with Gasteiger partial charge >= 0.3 is 18.2 Å². The predicted octanol–water partition coefficient (Wildman–Crippen LogP) is 6.10. The average molecular weight is 545 g/mol. The molecule has 1 aliphatic carbocycles. The lowest BCUT2D eigenvalue weighted by Crippen LogP contribution is -2.42. The van der Waals surface area contributed by atoms with E-state index in [1.165, 1.54) is 18.3 Å². The van der Waals surface area contributed by atoms with Gasteiger partial charge in [-0.3, -0.25) is 0 Å². The summed E-state index contributed by atoms with van der Waals surface area (Å²) < 4.78 is 26.7. The topological polar surface area (TPSA) is 107 Å². The Bertz CT molecular complexity index is 1570. The number of aliphatic carboxylic acids is 1. The van der Waals surface area contributed by atoms with Crippen LogP contribution in [-0.2, 0) is 20.7 Å². The van der Waals surface area contributed by atoms with Crippen molar-refractivity contribution in [2.24, 2.45) is 0 Å². The zero-order chi connectivity index (χ0) is 28.6. The van der Waals surface area contributed by atoms with Crippen molar-refractivity contribution in [3.63, 3.8) is 0 Å². The third-order valence-corrected chi connectivity index (χ3v) is 6.81. The van der Waals surface area contributed by atoms with Gasteiger partial charge in [0.15, 0.2) is 0 Å². The number of alkyl carbamates (subject to hydrolysis) is 1. The van der Waals surface area contributed by atoms with E-state index in [0.29, 0.717) is 10.9 Å². The number of benzene rings is 3. The van der Waals surface area contributed by atoms with E-state index in [1.54, 1.807) is 26.8 Å². The summed E-state index contributed by atoms with van der Waals surface area (Å²) in [5.74, 6) is -2.15. The van der Waals surface area contributed by atoms with Crippen LogP contribution in [0.1, 0.15) is 43.4 Å². The second-order valence-corrected chi connectivity index (χ2v) is 10.7. The molecule has 0 fully saturated rings. The molecule has 40 heavy (non-hydrogen) atoms. The Morgan fingerprint density at radius 3 is 2.20 bits per heavy atom. The van der Waals surface area contributed by atoms with Gasteiger partial charge in [-0.15, -0.1) is 0 Å². The monoisotopic (exact) mass is 544 g/mol. The van der Waals surface area contributed by atoms with Crippen LogP contribution in [0, 0.1) is 5.82 Å². The number of carboxylic acid groups (broad SMARTS) is 1. The molecular weight excluding hydrogens is 515 g/mol. The highest BCUT2D eigenvalue weighted by Crippen LogP contribution is 2.44. The number of hydrogen-bond donors (Lipinski definition) is 2. The highest BCUT2D eigenvalue weighted by Gasteiger charge is 2.30. The van der Waals surface area contributed by atoms with E-state index in [9.17, 15) is 23.9 Å². The van der Waals surface area contributed by atoms with Gasteiger partial charge in [-0.1, -0.05) is 60.7 Å². The summed E-state index contributed by atoms with van der Waals surface area (Å²) in [5.41, 5.74) is 3.71. The van der Waals surface area contributed by atoms with Crippen molar-refractivity contribution < 1.29 is 33.4 Å². The summed E-state index contributed by atoms with van der Waals surface area (Å²) in [6, 6.07) is 18.6. The van der Waals surface area contributed by atoms with E-state index in [4.69, 9.17) is 9.47 Å². The second kappa shape index (κ2) is 10.5. The third kappa shape index (κ3) is 5.27. The summed E-state index contributed by atoms with van der Waals surface area (Å²) in [5, 5.41) is 12.6. The maximum atomic E-state index is 14.8. The lowest BCUT2D eigenvalue weighted by atomic mass is 9.98. The highest BCUT2D eigenvalue weighted by molar-refractivity contribution is 5.93. The van der Waals surface area contributed by atoms with Crippen LogP contribution < -0.4 is 5.32 Å². The van der Waals surface area contributed by atoms with Gasteiger partial charge in [-0.25, -0.2) is 23.3 Å². The zero-order valence-electron chi connectivity index (χ0n) is 22.3. The molecule has 1 amide bonds. The fourth-order valence-corrected chi connectivity index (χ4v) is 5.13. The smallest absolute Gasteiger partial charge is 0.419 e. The number of fused-ring (bicyclic) bond motifs is 4. The first kappa shape index (κ1) is 26.9. The van der Waals surface area contributed by atoms with Crippen molar-refractivity contribution in [2.75, 3.05) is 6.61 Å². The summed E-state index contributed by atoms with van der Waals surface area (Å²) >= 11 is 0. The van der Waals surface area contributed by atoms with E-state index in [0.717, 1.165) is 26.8 Å². The van der Waals surface area contributed by atoms with Crippen molar-refractivity contribution in [2.45, 2.75) is 44.8 Å². The van der Waals surface area contributed by atoms with Gasteiger partial charge in [0.2, 0.25) is 0 Å². The van der Waals surface area contributed by atoms with E-state index < -0.39 is 35.6 Å². The van der Waals surface area contributed by atoms with Crippen molar-refractivity contribution in [1.29, 1.82) is 0 Å². The molecule has 5 rings (SSSR count). The van der Waals surface area contributed by atoms with Gasteiger partial charge in [0.1, 0.15) is 24.1 Å². The van der Waals surface area contributed by atoms with E-state index in [2.05, 4.69) is 5.32 Å². The quantitative estimate of drug-likeness (QED) is 0.304. The van der Waals surface area contributed by atoms with Gasteiger partial charge in [-0.2, -0.15) is 0 Å². The van der Waals surface area contributed by atoms with E-state index in [1.807, 2.05) is 48.5 Å². The molecule has 1 atom stereocenters. The number of aromatic nitrogens is 1. The molecule has 1 heterocycles. The first-order valence-corrected chi connectivity index (χ1v) is 12.9. The van der Waals surface area contributed by atoms with Crippen LogP contribution in [0.2, 0.25) is 0 Å². The number of nitrogens with zero attached hydrogens (tertiary/aromatic N) is 1. The average Bonchev–Trinajstić information content (AvgIpc) is 3.43. The molecule has 0 saturated carbocycles. The number of para-hydroxylation sites is 1. The van der Waals surface area contributed by atoms with Crippen LogP contribution in [0.4, 0.5) is 14.0 Å². The highest BCUT2D eigenvalue weighted by atomic mass is 19.1. The molecule has 0 bridgehead atoms. The summed E-state index contributed by atoms with van der Waals surface area (Å²) in [6.45, 7) is 5.08. The van der Waals surface area contributed by atoms with Crippen molar-refractivity contribution in [3.05, 3.63) is 95.4 Å². The number of nitrogens with one attached hydrogen (secondary N) is 1. The molecule has 2 N–H and O–H groups in total. The first-order valence-electron chi connectivity index (χ1n) is 12.9. The Morgan fingerprint density at radius 2 is 1.60 bits per heavy atom. The zero-order valence-corrected chi connectivity index (χ0v) is 22.3. The van der Waals surface area contributed by atoms with Crippen molar-refractivity contribution in [1.82, 2.24) is 9.88 Å².